The first-order valence-corrected chi connectivity index (χ1v) is 11.0. The van der Waals surface area contributed by atoms with Crippen LogP contribution in [0.1, 0.15) is 47.2 Å². The number of likely N-dealkylation sites (tertiary alicyclic amines) is 1. The number of amides is 1. The lowest BCUT2D eigenvalue weighted by atomic mass is 9.90. The van der Waals surface area contributed by atoms with Crippen LogP contribution in [0.4, 0.5) is 0 Å². The summed E-state index contributed by atoms with van der Waals surface area (Å²) in [4.78, 5) is 29.3. The van der Waals surface area contributed by atoms with Crippen LogP contribution in [0.25, 0.3) is 0 Å². The first-order valence-electron chi connectivity index (χ1n) is 11.0. The highest BCUT2D eigenvalue weighted by Crippen LogP contribution is 2.21. The van der Waals surface area contributed by atoms with E-state index in [1.54, 1.807) is 24.3 Å². The van der Waals surface area contributed by atoms with Crippen LogP contribution in [0.5, 0.6) is 0 Å². The van der Waals surface area contributed by atoms with Crippen LogP contribution in [-0.2, 0) is 17.9 Å². The molecule has 1 amide bonds. The number of benzene rings is 2. The van der Waals surface area contributed by atoms with Crippen molar-refractivity contribution in [2.24, 2.45) is 5.92 Å². The van der Waals surface area contributed by atoms with Crippen molar-refractivity contribution in [3.63, 3.8) is 0 Å². The molecule has 0 spiro atoms. The number of carbonyl (C=O) groups is 1. The predicted molar refractivity (Wildman–Crippen MR) is 119 cm³/mol. The SMILES string of the molecule is O=C(NCCCCN1CCC(Cc2ccccc2)CC1)c1ccc(CO[N+](=O)[O-])cc1. The van der Waals surface area contributed by atoms with E-state index >= 15 is 0 Å². The zero-order valence-corrected chi connectivity index (χ0v) is 17.9. The average molecular weight is 426 g/mol. The topological polar surface area (TPSA) is 84.7 Å². The van der Waals surface area contributed by atoms with Crippen LogP contribution in [0.15, 0.2) is 54.6 Å². The predicted octanol–water partition coefficient (Wildman–Crippen LogP) is 3.86. The first-order chi connectivity index (χ1) is 15.1. The summed E-state index contributed by atoms with van der Waals surface area (Å²) < 4.78 is 0. The number of hydrogen-bond acceptors (Lipinski definition) is 5. The van der Waals surface area contributed by atoms with Gasteiger partial charge in [-0.05, 0) is 80.9 Å². The average Bonchev–Trinajstić information content (AvgIpc) is 2.79. The summed E-state index contributed by atoms with van der Waals surface area (Å²) in [6.45, 7) is 3.94. The van der Waals surface area contributed by atoms with Crippen molar-refractivity contribution in [2.45, 2.75) is 38.7 Å². The Morgan fingerprint density at radius 2 is 1.74 bits per heavy atom. The Balaban J connectivity index is 1.26. The van der Waals surface area contributed by atoms with Crippen molar-refractivity contribution >= 4 is 5.91 Å². The van der Waals surface area contributed by atoms with Crippen molar-refractivity contribution < 1.29 is 14.7 Å². The molecular formula is C24H31N3O4. The molecule has 0 aliphatic carbocycles. The van der Waals surface area contributed by atoms with Gasteiger partial charge in [0.2, 0.25) is 0 Å². The summed E-state index contributed by atoms with van der Waals surface area (Å²) in [6, 6.07) is 17.4. The molecule has 31 heavy (non-hydrogen) atoms. The minimum Gasteiger partial charge on any atom is -0.352 e. The van der Waals surface area contributed by atoms with Gasteiger partial charge in [0, 0.05) is 12.1 Å². The number of carbonyl (C=O) groups excluding carboxylic acids is 1. The Labute approximate surface area is 183 Å². The summed E-state index contributed by atoms with van der Waals surface area (Å²) in [5.41, 5.74) is 2.64. The van der Waals surface area contributed by atoms with Gasteiger partial charge < -0.3 is 15.1 Å². The van der Waals surface area contributed by atoms with E-state index in [4.69, 9.17) is 0 Å². The lowest BCUT2D eigenvalue weighted by Crippen LogP contribution is -2.35. The maximum atomic E-state index is 12.2. The third-order valence-corrected chi connectivity index (χ3v) is 5.81. The standard InChI is InChI=1S/C24H31N3O4/c28-24(23-10-8-22(9-11-23)19-31-27(29)30)25-14-4-5-15-26-16-12-21(13-17-26)18-20-6-2-1-3-7-20/h1-3,6-11,21H,4-5,12-19H2,(H,25,28). The Kier molecular flexibility index (Phi) is 8.84. The van der Waals surface area contributed by atoms with Crippen molar-refractivity contribution in [1.29, 1.82) is 0 Å². The van der Waals surface area contributed by atoms with Gasteiger partial charge in [0.15, 0.2) is 0 Å². The lowest BCUT2D eigenvalue weighted by molar-refractivity contribution is -0.763. The van der Waals surface area contributed by atoms with E-state index in [0.29, 0.717) is 17.7 Å². The van der Waals surface area contributed by atoms with Gasteiger partial charge in [0.05, 0.1) is 0 Å². The Bertz CT molecular complexity index is 818. The molecule has 1 saturated heterocycles. The second-order valence-electron chi connectivity index (χ2n) is 8.13. The maximum Gasteiger partial charge on any atom is 0.294 e. The van der Waals surface area contributed by atoms with Crippen molar-refractivity contribution in [2.75, 3.05) is 26.2 Å². The number of nitrogens with zero attached hydrogens (tertiary/aromatic N) is 2. The molecule has 0 bridgehead atoms. The molecule has 2 aromatic rings. The molecule has 1 fully saturated rings. The minimum absolute atomic E-state index is 0.113. The molecule has 0 radical (unpaired) electrons. The molecule has 0 unspecified atom stereocenters. The van der Waals surface area contributed by atoms with E-state index in [0.717, 1.165) is 38.4 Å². The summed E-state index contributed by atoms with van der Waals surface area (Å²) in [7, 11) is 0. The second-order valence-corrected chi connectivity index (χ2v) is 8.13. The maximum absolute atomic E-state index is 12.2. The third-order valence-electron chi connectivity index (χ3n) is 5.81. The van der Waals surface area contributed by atoms with Gasteiger partial charge in [-0.1, -0.05) is 42.5 Å². The fourth-order valence-corrected chi connectivity index (χ4v) is 4.01. The van der Waals surface area contributed by atoms with Crippen LogP contribution >= 0.6 is 0 Å². The molecule has 1 aliphatic rings. The molecule has 7 nitrogen and oxygen atoms in total. The van der Waals surface area contributed by atoms with Gasteiger partial charge in [-0.3, -0.25) is 4.79 Å². The van der Waals surface area contributed by atoms with E-state index in [2.05, 4.69) is 45.4 Å². The van der Waals surface area contributed by atoms with Gasteiger partial charge in [-0.2, -0.15) is 0 Å². The van der Waals surface area contributed by atoms with Crippen LogP contribution < -0.4 is 5.32 Å². The molecule has 7 heteroatoms. The fraction of sp³-hybridized carbons (Fsp3) is 0.458. The summed E-state index contributed by atoms with van der Waals surface area (Å²) in [5.74, 6) is 0.666. The smallest absolute Gasteiger partial charge is 0.294 e. The quantitative estimate of drug-likeness (QED) is 0.336. The fourth-order valence-electron chi connectivity index (χ4n) is 4.01. The molecule has 1 aliphatic heterocycles. The zero-order valence-electron chi connectivity index (χ0n) is 17.9. The normalized spacial score (nSPS) is 14.8. The summed E-state index contributed by atoms with van der Waals surface area (Å²) in [5, 5.41) is 12.3. The van der Waals surface area contributed by atoms with Crippen molar-refractivity contribution in [1.82, 2.24) is 10.2 Å². The van der Waals surface area contributed by atoms with Crippen LogP contribution in [0.2, 0.25) is 0 Å². The Morgan fingerprint density at radius 3 is 2.42 bits per heavy atom. The molecule has 1 N–H and O–H groups in total. The van der Waals surface area contributed by atoms with Gasteiger partial charge in [0.25, 0.3) is 11.0 Å². The molecule has 3 rings (SSSR count). The summed E-state index contributed by atoms with van der Waals surface area (Å²) >= 11 is 0. The van der Waals surface area contributed by atoms with Gasteiger partial charge in [0.1, 0.15) is 6.61 Å². The number of unbranched alkanes of at least 4 members (excludes halogenated alkanes) is 1. The molecule has 0 saturated carbocycles. The van der Waals surface area contributed by atoms with E-state index < -0.39 is 5.09 Å². The molecule has 0 atom stereocenters. The van der Waals surface area contributed by atoms with Crippen molar-refractivity contribution in [3.05, 3.63) is 81.4 Å². The lowest BCUT2D eigenvalue weighted by Gasteiger charge is -2.32. The highest BCUT2D eigenvalue weighted by molar-refractivity contribution is 5.94. The monoisotopic (exact) mass is 425 g/mol. The number of rotatable bonds is 11. The number of nitrogens with one attached hydrogen (secondary N) is 1. The third kappa shape index (κ3) is 8.02. The minimum atomic E-state index is -0.826. The first kappa shape index (κ1) is 22.7. The molecular weight excluding hydrogens is 394 g/mol. The Morgan fingerprint density at radius 1 is 1.03 bits per heavy atom. The summed E-state index contributed by atoms with van der Waals surface area (Å²) in [6.07, 6.45) is 5.72. The molecule has 2 aromatic carbocycles. The van der Waals surface area contributed by atoms with Crippen LogP contribution in [0, 0.1) is 16.0 Å². The highest BCUT2D eigenvalue weighted by atomic mass is 16.9. The largest absolute Gasteiger partial charge is 0.352 e. The van der Waals surface area contributed by atoms with Crippen molar-refractivity contribution in [3.8, 4) is 0 Å². The van der Waals surface area contributed by atoms with Gasteiger partial charge >= 0.3 is 0 Å². The highest BCUT2D eigenvalue weighted by Gasteiger charge is 2.19. The van der Waals surface area contributed by atoms with Gasteiger partial charge in [-0.25, -0.2) is 0 Å². The van der Waals surface area contributed by atoms with Crippen LogP contribution in [0.3, 0.4) is 0 Å². The second kappa shape index (κ2) is 12.1. The van der Waals surface area contributed by atoms with Gasteiger partial charge in [-0.15, -0.1) is 10.1 Å². The molecule has 1 heterocycles. The van der Waals surface area contributed by atoms with E-state index in [-0.39, 0.29) is 12.5 Å². The zero-order chi connectivity index (χ0) is 21.9. The van der Waals surface area contributed by atoms with E-state index in [1.165, 1.54) is 24.8 Å². The molecule has 166 valence electrons. The molecule has 0 aromatic heterocycles. The van der Waals surface area contributed by atoms with E-state index in [9.17, 15) is 14.9 Å². The number of hydrogen-bond donors (Lipinski definition) is 1. The number of piperidine rings is 1. The van der Waals surface area contributed by atoms with E-state index in [1.807, 2.05) is 0 Å². The van der Waals surface area contributed by atoms with Crippen LogP contribution in [-0.4, -0.2) is 42.1 Å². The Hall–Kier alpha value is -2.93.